The first-order valence-corrected chi connectivity index (χ1v) is 6.86. The molecule has 0 aliphatic carbocycles. The highest BCUT2D eigenvalue weighted by molar-refractivity contribution is 9.10. The van der Waals surface area contributed by atoms with Gasteiger partial charge in [0.2, 0.25) is 0 Å². The largest absolute Gasteiger partial charge is 0.378 e. The summed E-state index contributed by atoms with van der Waals surface area (Å²) in [4.78, 5) is 8.55. The Morgan fingerprint density at radius 2 is 2.22 bits per heavy atom. The lowest BCUT2D eigenvalue weighted by Crippen LogP contribution is -2.08. The summed E-state index contributed by atoms with van der Waals surface area (Å²) in [5, 5.41) is 3.40. The summed E-state index contributed by atoms with van der Waals surface area (Å²) in [6.07, 6.45) is 4.90. The van der Waals surface area contributed by atoms with Gasteiger partial charge in [0.1, 0.15) is 4.60 Å². The van der Waals surface area contributed by atoms with Crippen molar-refractivity contribution in [2.24, 2.45) is 0 Å². The average Bonchev–Trinajstić information content (AvgIpc) is 2.76. The molecule has 0 saturated heterocycles. The van der Waals surface area contributed by atoms with E-state index in [1.54, 1.807) is 0 Å². The van der Waals surface area contributed by atoms with Gasteiger partial charge in [-0.1, -0.05) is 6.92 Å². The predicted octanol–water partition coefficient (Wildman–Crippen LogP) is 3.37. The molecule has 2 aromatic rings. The molecule has 4 nitrogen and oxygen atoms in total. The fourth-order valence-corrected chi connectivity index (χ4v) is 2.24. The Kier molecular flexibility index (Phi) is 4.36. The van der Waals surface area contributed by atoms with Crippen molar-refractivity contribution in [2.75, 3.05) is 5.32 Å². The van der Waals surface area contributed by atoms with Gasteiger partial charge in [-0.2, -0.15) is 0 Å². The lowest BCUT2D eigenvalue weighted by Gasteiger charge is -2.11. The van der Waals surface area contributed by atoms with Gasteiger partial charge < -0.3 is 9.88 Å². The van der Waals surface area contributed by atoms with Crippen LogP contribution in [-0.4, -0.2) is 14.5 Å². The van der Waals surface area contributed by atoms with Gasteiger partial charge in [0.15, 0.2) is 0 Å². The zero-order valence-electron chi connectivity index (χ0n) is 10.7. The van der Waals surface area contributed by atoms with E-state index in [2.05, 4.69) is 42.7 Å². The molecule has 0 saturated carbocycles. The van der Waals surface area contributed by atoms with Crippen LogP contribution in [0.1, 0.15) is 24.7 Å². The third kappa shape index (κ3) is 3.10. The smallest absolute Gasteiger partial charge is 0.106 e. The van der Waals surface area contributed by atoms with Crippen LogP contribution in [0.4, 0.5) is 5.69 Å². The van der Waals surface area contributed by atoms with Gasteiger partial charge in [0, 0.05) is 12.7 Å². The highest BCUT2D eigenvalue weighted by atomic mass is 79.9. The van der Waals surface area contributed by atoms with Crippen molar-refractivity contribution >= 4 is 21.6 Å². The topological polar surface area (TPSA) is 42.7 Å². The van der Waals surface area contributed by atoms with E-state index in [1.807, 2.05) is 31.6 Å². The molecule has 2 aromatic heterocycles. The zero-order chi connectivity index (χ0) is 13.0. The zero-order valence-corrected chi connectivity index (χ0v) is 12.2. The summed E-state index contributed by atoms with van der Waals surface area (Å²) in [7, 11) is 0. The van der Waals surface area contributed by atoms with E-state index in [1.165, 1.54) is 5.69 Å². The summed E-state index contributed by atoms with van der Waals surface area (Å²) in [6.45, 7) is 5.94. The van der Waals surface area contributed by atoms with Gasteiger partial charge in [-0.3, -0.25) is 0 Å². The first-order chi connectivity index (χ1) is 8.70. The van der Waals surface area contributed by atoms with Crippen LogP contribution in [0.5, 0.6) is 0 Å². The van der Waals surface area contributed by atoms with Crippen molar-refractivity contribution in [1.82, 2.24) is 14.5 Å². The Morgan fingerprint density at radius 1 is 1.39 bits per heavy atom. The molecule has 2 rings (SSSR count). The molecule has 96 valence electrons. The second kappa shape index (κ2) is 6.00. The maximum Gasteiger partial charge on any atom is 0.106 e. The molecule has 1 N–H and O–H groups in total. The predicted molar refractivity (Wildman–Crippen MR) is 76.5 cm³/mol. The van der Waals surface area contributed by atoms with E-state index in [4.69, 9.17) is 0 Å². The van der Waals surface area contributed by atoms with Gasteiger partial charge >= 0.3 is 0 Å². The molecule has 0 radical (unpaired) electrons. The summed E-state index contributed by atoms with van der Waals surface area (Å²) >= 11 is 3.37. The molecule has 0 bridgehead atoms. The maximum absolute atomic E-state index is 4.36. The quantitative estimate of drug-likeness (QED) is 0.861. The molecule has 18 heavy (non-hydrogen) atoms. The van der Waals surface area contributed by atoms with E-state index in [9.17, 15) is 0 Å². The van der Waals surface area contributed by atoms with Crippen molar-refractivity contribution in [3.05, 3.63) is 40.6 Å². The Bertz CT molecular complexity index is 521. The van der Waals surface area contributed by atoms with Crippen LogP contribution in [0.25, 0.3) is 0 Å². The molecule has 0 spiro atoms. The molecule has 2 heterocycles. The lowest BCUT2D eigenvalue weighted by atomic mass is 10.3. The molecule has 0 aromatic carbocycles. The fourth-order valence-electron chi connectivity index (χ4n) is 1.84. The van der Waals surface area contributed by atoms with Gasteiger partial charge in [-0.25, -0.2) is 9.97 Å². The van der Waals surface area contributed by atoms with Crippen LogP contribution in [0.2, 0.25) is 0 Å². The Morgan fingerprint density at radius 3 is 2.94 bits per heavy atom. The SMILES string of the molecule is CCCn1cncc1CNc1ccc(Br)nc1C. The van der Waals surface area contributed by atoms with E-state index >= 15 is 0 Å². The number of aryl methyl sites for hydroxylation is 2. The molecule has 0 aliphatic heterocycles. The van der Waals surface area contributed by atoms with Gasteiger partial charge in [-0.05, 0) is 41.4 Å². The van der Waals surface area contributed by atoms with Crippen LogP contribution in [0.15, 0.2) is 29.3 Å². The maximum atomic E-state index is 4.36. The number of pyridine rings is 1. The number of anilines is 1. The third-order valence-electron chi connectivity index (χ3n) is 2.77. The Labute approximate surface area is 116 Å². The minimum absolute atomic E-state index is 0.768. The number of nitrogens with one attached hydrogen (secondary N) is 1. The molecular weight excluding hydrogens is 292 g/mol. The van der Waals surface area contributed by atoms with E-state index in [0.29, 0.717) is 0 Å². The van der Waals surface area contributed by atoms with Crippen molar-refractivity contribution in [3.8, 4) is 0 Å². The van der Waals surface area contributed by atoms with Crippen LogP contribution in [-0.2, 0) is 13.1 Å². The number of imidazole rings is 1. The second-order valence-electron chi connectivity index (χ2n) is 4.20. The van der Waals surface area contributed by atoms with Gasteiger partial charge in [-0.15, -0.1) is 0 Å². The van der Waals surface area contributed by atoms with Crippen molar-refractivity contribution in [1.29, 1.82) is 0 Å². The first kappa shape index (κ1) is 13.1. The average molecular weight is 309 g/mol. The van der Waals surface area contributed by atoms with Gasteiger partial charge in [0.25, 0.3) is 0 Å². The fraction of sp³-hybridized carbons (Fsp3) is 0.385. The summed E-state index contributed by atoms with van der Waals surface area (Å²) in [5.74, 6) is 0. The minimum Gasteiger partial charge on any atom is -0.378 e. The van der Waals surface area contributed by atoms with Crippen LogP contribution >= 0.6 is 15.9 Å². The standard InChI is InChI=1S/C13H17BrN4/c1-3-6-18-9-15-7-11(18)8-16-12-4-5-13(14)17-10(12)2/h4-5,7,9,16H,3,6,8H2,1-2H3. The van der Waals surface area contributed by atoms with Crippen LogP contribution in [0.3, 0.4) is 0 Å². The number of rotatable bonds is 5. The second-order valence-corrected chi connectivity index (χ2v) is 5.01. The van der Waals surface area contributed by atoms with Crippen molar-refractivity contribution < 1.29 is 0 Å². The number of hydrogen-bond donors (Lipinski definition) is 1. The number of aromatic nitrogens is 3. The summed E-state index contributed by atoms with van der Waals surface area (Å²) in [6, 6.07) is 3.98. The summed E-state index contributed by atoms with van der Waals surface area (Å²) in [5.41, 5.74) is 3.24. The Balaban J connectivity index is 2.04. The summed E-state index contributed by atoms with van der Waals surface area (Å²) < 4.78 is 3.04. The number of nitrogens with zero attached hydrogens (tertiary/aromatic N) is 3. The molecular formula is C13H17BrN4. The third-order valence-corrected chi connectivity index (χ3v) is 3.22. The highest BCUT2D eigenvalue weighted by Crippen LogP contribution is 2.17. The van der Waals surface area contributed by atoms with Gasteiger partial charge in [0.05, 0.1) is 29.9 Å². The highest BCUT2D eigenvalue weighted by Gasteiger charge is 2.03. The van der Waals surface area contributed by atoms with E-state index in [-0.39, 0.29) is 0 Å². The van der Waals surface area contributed by atoms with Crippen molar-refractivity contribution in [3.63, 3.8) is 0 Å². The molecule has 5 heteroatoms. The minimum atomic E-state index is 0.768. The molecule has 0 aliphatic rings. The molecule has 0 amide bonds. The van der Waals surface area contributed by atoms with E-state index in [0.717, 1.165) is 35.5 Å². The molecule has 0 atom stereocenters. The monoisotopic (exact) mass is 308 g/mol. The van der Waals surface area contributed by atoms with E-state index < -0.39 is 0 Å². The van der Waals surface area contributed by atoms with Crippen LogP contribution < -0.4 is 5.32 Å². The molecule has 0 fully saturated rings. The normalized spacial score (nSPS) is 10.6. The lowest BCUT2D eigenvalue weighted by molar-refractivity contribution is 0.651. The Hall–Kier alpha value is -1.36. The molecule has 0 unspecified atom stereocenters. The number of halogens is 1. The van der Waals surface area contributed by atoms with Crippen LogP contribution in [0, 0.1) is 6.92 Å². The van der Waals surface area contributed by atoms with Crippen molar-refractivity contribution in [2.45, 2.75) is 33.4 Å². The number of hydrogen-bond acceptors (Lipinski definition) is 3. The first-order valence-electron chi connectivity index (χ1n) is 6.06.